The molecule has 124 valence electrons. The topological polar surface area (TPSA) is 72.2 Å². The number of anilines is 1. The molecule has 24 heavy (non-hydrogen) atoms. The summed E-state index contributed by atoms with van der Waals surface area (Å²) in [5.74, 6) is 1.18. The van der Waals surface area contributed by atoms with Crippen LogP contribution in [0, 0.1) is 20.8 Å². The van der Waals surface area contributed by atoms with Crippen LogP contribution >= 0.6 is 0 Å². The fraction of sp³-hybridized carbons (Fsp3) is 0.167. The molecule has 0 aliphatic heterocycles. The van der Waals surface area contributed by atoms with E-state index in [0.717, 1.165) is 16.7 Å². The zero-order chi connectivity index (χ0) is 17.3. The minimum atomic E-state index is -3.65. The van der Waals surface area contributed by atoms with Crippen LogP contribution in [0.3, 0.4) is 0 Å². The van der Waals surface area contributed by atoms with E-state index in [1.165, 1.54) is 0 Å². The van der Waals surface area contributed by atoms with Crippen molar-refractivity contribution in [3.63, 3.8) is 0 Å². The highest BCUT2D eigenvalue weighted by molar-refractivity contribution is 7.92. The maximum Gasteiger partial charge on any atom is 0.261 e. The van der Waals surface area contributed by atoms with Gasteiger partial charge >= 0.3 is 0 Å². The molecule has 3 aromatic rings. The number of aromatic nitrogens is 1. The average molecular weight is 342 g/mol. The summed E-state index contributed by atoms with van der Waals surface area (Å²) in [4.78, 5) is 4.24. The van der Waals surface area contributed by atoms with E-state index in [-0.39, 0.29) is 4.90 Å². The Morgan fingerprint density at radius 2 is 1.58 bits per heavy atom. The van der Waals surface area contributed by atoms with Crippen molar-refractivity contribution in [2.75, 3.05) is 4.72 Å². The SMILES string of the molecule is Cc1ncc(-c2ccc(S(=O)(=O)Nc3c(C)cccc3C)cc2)o1. The first-order valence-electron chi connectivity index (χ1n) is 7.49. The van der Waals surface area contributed by atoms with Gasteiger partial charge in [0.25, 0.3) is 10.0 Å². The molecule has 0 aliphatic carbocycles. The Hall–Kier alpha value is -2.60. The lowest BCUT2D eigenvalue weighted by atomic mass is 10.1. The molecular weight excluding hydrogens is 324 g/mol. The molecule has 6 heteroatoms. The molecule has 2 aromatic carbocycles. The minimum absolute atomic E-state index is 0.199. The monoisotopic (exact) mass is 342 g/mol. The summed E-state index contributed by atoms with van der Waals surface area (Å²) in [6.45, 7) is 5.51. The van der Waals surface area contributed by atoms with Gasteiger partial charge in [0, 0.05) is 12.5 Å². The Morgan fingerprint density at radius 3 is 2.12 bits per heavy atom. The van der Waals surface area contributed by atoms with Crippen molar-refractivity contribution in [2.45, 2.75) is 25.7 Å². The highest BCUT2D eigenvalue weighted by atomic mass is 32.2. The Labute approximate surface area is 141 Å². The Bertz CT molecular complexity index is 954. The molecule has 5 nitrogen and oxygen atoms in total. The van der Waals surface area contributed by atoms with Crippen molar-refractivity contribution in [3.8, 4) is 11.3 Å². The standard InChI is InChI=1S/C18H18N2O3S/c1-12-5-4-6-13(2)18(12)20-24(21,22)16-9-7-15(8-10-16)17-11-19-14(3)23-17/h4-11,20H,1-3H3. The van der Waals surface area contributed by atoms with E-state index < -0.39 is 10.0 Å². The third kappa shape index (κ3) is 3.19. The third-order valence-corrected chi connectivity index (χ3v) is 5.15. The van der Waals surface area contributed by atoms with Gasteiger partial charge in [0.15, 0.2) is 11.7 Å². The van der Waals surface area contributed by atoms with Gasteiger partial charge in [-0.1, -0.05) is 18.2 Å². The molecule has 1 aromatic heterocycles. The lowest BCUT2D eigenvalue weighted by Crippen LogP contribution is -2.14. The van der Waals surface area contributed by atoms with Crippen LogP contribution in [0.25, 0.3) is 11.3 Å². The molecule has 0 saturated carbocycles. The number of nitrogens with zero attached hydrogens (tertiary/aromatic N) is 1. The number of sulfonamides is 1. The van der Waals surface area contributed by atoms with Crippen molar-refractivity contribution in [2.24, 2.45) is 0 Å². The fourth-order valence-electron chi connectivity index (χ4n) is 2.46. The molecule has 1 heterocycles. The fourth-order valence-corrected chi connectivity index (χ4v) is 3.66. The summed E-state index contributed by atoms with van der Waals surface area (Å²) < 4.78 is 33.3. The number of hydrogen-bond acceptors (Lipinski definition) is 4. The van der Waals surface area contributed by atoms with Gasteiger partial charge in [-0.25, -0.2) is 13.4 Å². The first-order valence-corrected chi connectivity index (χ1v) is 8.97. The lowest BCUT2D eigenvalue weighted by Gasteiger charge is -2.13. The number of benzene rings is 2. The van der Waals surface area contributed by atoms with E-state index in [1.54, 1.807) is 37.4 Å². The smallest absolute Gasteiger partial charge is 0.261 e. The first-order chi connectivity index (χ1) is 11.4. The third-order valence-electron chi connectivity index (χ3n) is 3.79. The maximum atomic E-state index is 12.6. The summed E-state index contributed by atoms with van der Waals surface area (Å²) in [5.41, 5.74) is 3.16. The molecule has 3 rings (SSSR count). The maximum absolute atomic E-state index is 12.6. The molecule has 0 saturated heterocycles. The Balaban J connectivity index is 1.90. The zero-order valence-electron chi connectivity index (χ0n) is 13.7. The molecule has 0 unspecified atom stereocenters. The first kappa shape index (κ1) is 16.3. The van der Waals surface area contributed by atoms with Crippen LogP contribution in [0.5, 0.6) is 0 Å². The van der Waals surface area contributed by atoms with Crippen LogP contribution in [-0.2, 0) is 10.0 Å². The largest absolute Gasteiger partial charge is 0.441 e. The second-order valence-electron chi connectivity index (χ2n) is 5.64. The van der Waals surface area contributed by atoms with Crippen molar-refractivity contribution < 1.29 is 12.8 Å². The van der Waals surface area contributed by atoms with Gasteiger partial charge in [-0.2, -0.15) is 0 Å². The number of hydrogen-bond donors (Lipinski definition) is 1. The van der Waals surface area contributed by atoms with Gasteiger partial charge < -0.3 is 4.42 Å². The van der Waals surface area contributed by atoms with Gasteiger partial charge in [-0.15, -0.1) is 0 Å². The van der Waals surface area contributed by atoms with E-state index in [4.69, 9.17) is 4.42 Å². The number of nitrogens with one attached hydrogen (secondary N) is 1. The highest BCUT2D eigenvalue weighted by Crippen LogP contribution is 2.25. The van der Waals surface area contributed by atoms with Gasteiger partial charge in [-0.3, -0.25) is 4.72 Å². The molecule has 0 amide bonds. The second kappa shape index (κ2) is 6.13. The molecule has 0 atom stereocenters. The molecule has 0 aliphatic rings. The highest BCUT2D eigenvalue weighted by Gasteiger charge is 2.17. The quantitative estimate of drug-likeness (QED) is 0.776. The van der Waals surface area contributed by atoms with E-state index in [9.17, 15) is 8.42 Å². The lowest BCUT2D eigenvalue weighted by molar-refractivity contribution is 0.534. The predicted octanol–water partition coefficient (Wildman–Crippen LogP) is 4.07. The van der Waals surface area contributed by atoms with Crippen LogP contribution in [0.1, 0.15) is 17.0 Å². The predicted molar refractivity (Wildman–Crippen MR) is 93.4 cm³/mol. The Morgan fingerprint density at radius 1 is 0.958 bits per heavy atom. The molecule has 0 radical (unpaired) electrons. The van der Waals surface area contributed by atoms with E-state index >= 15 is 0 Å². The number of aryl methyl sites for hydroxylation is 3. The van der Waals surface area contributed by atoms with Crippen LogP contribution in [-0.4, -0.2) is 13.4 Å². The molecular formula is C18H18N2O3S. The number of rotatable bonds is 4. The van der Waals surface area contributed by atoms with E-state index in [1.807, 2.05) is 32.0 Å². The van der Waals surface area contributed by atoms with Crippen molar-refractivity contribution in [1.82, 2.24) is 4.98 Å². The van der Waals surface area contributed by atoms with E-state index in [2.05, 4.69) is 9.71 Å². The van der Waals surface area contributed by atoms with Gasteiger partial charge in [0.1, 0.15) is 0 Å². The minimum Gasteiger partial charge on any atom is -0.441 e. The Kier molecular flexibility index (Phi) is 4.15. The zero-order valence-corrected chi connectivity index (χ0v) is 14.5. The summed E-state index contributed by atoms with van der Waals surface area (Å²) in [7, 11) is -3.65. The second-order valence-corrected chi connectivity index (χ2v) is 7.32. The van der Waals surface area contributed by atoms with Crippen molar-refractivity contribution in [3.05, 3.63) is 65.7 Å². The number of para-hydroxylation sites is 1. The summed E-state index contributed by atoms with van der Waals surface area (Å²) in [6.07, 6.45) is 1.62. The van der Waals surface area contributed by atoms with E-state index in [0.29, 0.717) is 17.3 Å². The van der Waals surface area contributed by atoms with Crippen LogP contribution in [0.2, 0.25) is 0 Å². The molecule has 1 N–H and O–H groups in total. The normalized spacial score (nSPS) is 11.5. The summed E-state index contributed by atoms with van der Waals surface area (Å²) in [5, 5.41) is 0. The van der Waals surface area contributed by atoms with Gasteiger partial charge in [0.05, 0.1) is 16.8 Å². The van der Waals surface area contributed by atoms with Crippen molar-refractivity contribution in [1.29, 1.82) is 0 Å². The summed E-state index contributed by atoms with van der Waals surface area (Å²) >= 11 is 0. The molecule has 0 fully saturated rings. The van der Waals surface area contributed by atoms with Gasteiger partial charge in [-0.05, 0) is 49.2 Å². The van der Waals surface area contributed by atoms with Crippen LogP contribution < -0.4 is 4.72 Å². The van der Waals surface area contributed by atoms with Crippen molar-refractivity contribution >= 4 is 15.7 Å². The molecule has 0 spiro atoms. The molecule has 0 bridgehead atoms. The summed E-state index contributed by atoms with van der Waals surface area (Å²) in [6, 6.07) is 12.2. The van der Waals surface area contributed by atoms with Crippen LogP contribution in [0.4, 0.5) is 5.69 Å². The van der Waals surface area contributed by atoms with Crippen LogP contribution in [0.15, 0.2) is 58.0 Å². The number of oxazole rings is 1. The van der Waals surface area contributed by atoms with Gasteiger partial charge in [0.2, 0.25) is 0 Å². The average Bonchev–Trinajstić information content (AvgIpc) is 2.98.